The number of carbonyl (C=O) groups excluding carboxylic acids is 1. The Morgan fingerprint density at radius 1 is 1.11 bits per heavy atom. The standard InChI is InChI=1S/C20H22Cl2N2O3/c1-26-18-9-13-5-7-24(12-14(13)10-19(18)27-2)8-6-23-20(25)16-4-3-15(21)11-17(16)22/h3-4,9-11H,5-8,12H2,1-2H3,(H,23,25). The van der Waals surface area contributed by atoms with Crippen LogP contribution < -0.4 is 14.8 Å². The van der Waals surface area contributed by atoms with Gasteiger partial charge in [0.1, 0.15) is 0 Å². The number of nitrogens with zero attached hydrogens (tertiary/aromatic N) is 1. The van der Waals surface area contributed by atoms with E-state index in [9.17, 15) is 4.79 Å². The molecule has 144 valence electrons. The number of rotatable bonds is 6. The molecule has 0 saturated carbocycles. The molecule has 27 heavy (non-hydrogen) atoms. The summed E-state index contributed by atoms with van der Waals surface area (Å²) in [6, 6.07) is 8.95. The number of nitrogens with one attached hydrogen (secondary N) is 1. The van der Waals surface area contributed by atoms with Crippen LogP contribution in [0.15, 0.2) is 30.3 Å². The Balaban J connectivity index is 1.56. The van der Waals surface area contributed by atoms with Gasteiger partial charge in [-0.2, -0.15) is 0 Å². The number of fused-ring (bicyclic) bond motifs is 1. The van der Waals surface area contributed by atoms with Crippen LogP contribution in [0.5, 0.6) is 11.5 Å². The van der Waals surface area contributed by atoms with Gasteiger partial charge in [-0.3, -0.25) is 9.69 Å². The van der Waals surface area contributed by atoms with Crippen molar-refractivity contribution in [1.82, 2.24) is 10.2 Å². The molecule has 1 N–H and O–H groups in total. The highest BCUT2D eigenvalue weighted by atomic mass is 35.5. The summed E-state index contributed by atoms with van der Waals surface area (Å²) in [4.78, 5) is 14.6. The summed E-state index contributed by atoms with van der Waals surface area (Å²) in [5.74, 6) is 1.31. The van der Waals surface area contributed by atoms with E-state index in [0.29, 0.717) is 22.2 Å². The molecule has 5 nitrogen and oxygen atoms in total. The maximum atomic E-state index is 12.3. The highest BCUT2D eigenvalue weighted by molar-refractivity contribution is 6.36. The van der Waals surface area contributed by atoms with Gasteiger partial charge in [-0.1, -0.05) is 23.2 Å². The number of carbonyl (C=O) groups is 1. The van der Waals surface area contributed by atoms with E-state index in [1.54, 1.807) is 32.4 Å². The first-order valence-corrected chi connectivity index (χ1v) is 9.46. The predicted octanol–water partition coefficient (Wildman–Crippen LogP) is 3.80. The first kappa shape index (κ1) is 19.8. The Labute approximate surface area is 169 Å². The van der Waals surface area contributed by atoms with E-state index in [2.05, 4.69) is 16.3 Å². The lowest BCUT2D eigenvalue weighted by atomic mass is 9.99. The van der Waals surface area contributed by atoms with E-state index in [4.69, 9.17) is 32.7 Å². The molecular formula is C20H22Cl2N2O3. The van der Waals surface area contributed by atoms with Crippen LogP contribution in [-0.2, 0) is 13.0 Å². The van der Waals surface area contributed by atoms with Crippen LogP contribution >= 0.6 is 23.2 Å². The topological polar surface area (TPSA) is 50.8 Å². The summed E-state index contributed by atoms with van der Waals surface area (Å²) in [7, 11) is 3.29. The van der Waals surface area contributed by atoms with E-state index < -0.39 is 0 Å². The Morgan fingerprint density at radius 3 is 2.48 bits per heavy atom. The van der Waals surface area contributed by atoms with E-state index in [-0.39, 0.29) is 5.91 Å². The molecule has 0 aliphatic carbocycles. The number of hydrogen-bond acceptors (Lipinski definition) is 4. The van der Waals surface area contributed by atoms with Gasteiger partial charge >= 0.3 is 0 Å². The number of methoxy groups -OCH3 is 2. The van der Waals surface area contributed by atoms with Gasteiger partial charge in [-0.25, -0.2) is 0 Å². The second kappa shape index (κ2) is 8.83. The normalized spacial score (nSPS) is 13.8. The maximum Gasteiger partial charge on any atom is 0.252 e. The number of hydrogen-bond donors (Lipinski definition) is 1. The molecule has 7 heteroatoms. The monoisotopic (exact) mass is 408 g/mol. The van der Waals surface area contributed by atoms with Crippen LogP contribution in [0, 0.1) is 0 Å². The number of amides is 1. The quantitative estimate of drug-likeness (QED) is 0.789. The minimum atomic E-state index is -0.194. The smallest absolute Gasteiger partial charge is 0.252 e. The van der Waals surface area contributed by atoms with Crippen LogP contribution in [0.25, 0.3) is 0 Å². The number of ether oxygens (including phenoxy) is 2. The zero-order chi connectivity index (χ0) is 19.4. The second-order valence-electron chi connectivity index (χ2n) is 6.38. The van der Waals surface area contributed by atoms with Crippen molar-refractivity contribution in [1.29, 1.82) is 0 Å². The van der Waals surface area contributed by atoms with Crippen molar-refractivity contribution in [2.75, 3.05) is 33.9 Å². The van der Waals surface area contributed by atoms with Crippen LogP contribution in [0.3, 0.4) is 0 Å². The summed E-state index contributed by atoms with van der Waals surface area (Å²) in [5.41, 5.74) is 2.94. The van der Waals surface area contributed by atoms with Crippen LogP contribution in [0.1, 0.15) is 21.5 Å². The van der Waals surface area contributed by atoms with Crippen molar-refractivity contribution in [2.45, 2.75) is 13.0 Å². The lowest BCUT2D eigenvalue weighted by Gasteiger charge is -2.29. The van der Waals surface area contributed by atoms with Gasteiger partial charge in [0.25, 0.3) is 5.91 Å². The van der Waals surface area contributed by atoms with Crippen molar-refractivity contribution in [3.63, 3.8) is 0 Å². The molecule has 1 aliphatic rings. The molecule has 0 fully saturated rings. The summed E-state index contributed by atoms with van der Waals surface area (Å²) < 4.78 is 10.8. The van der Waals surface area contributed by atoms with Gasteiger partial charge < -0.3 is 14.8 Å². The molecule has 0 aromatic heterocycles. The molecule has 1 heterocycles. The van der Waals surface area contributed by atoms with Gasteiger partial charge in [0.05, 0.1) is 24.8 Å². The third kappa shape index (κ3) is 4.67. The minimum Gasteiger partial charge on any atom is -0.493 e. The largest absolute Gasteiger partial charge is 0.493 e. The zero-order valence-electron chi connectivity index (χ0n) is 15.4. The molecule has 2 aromatic rings. The van der Waals surface area contributed by atoms with E-state index in [1.165, 1.54) is 11.1 Å². The Morgan fingerprint density at radius 2 is 1.81 bits per heavy atom. The fourth-order valence-corrected chi connectivity index (χ4v) is 3.72. The van der Waals surface area contributed by atoms with E-state index in [1.807, 2.05) is 6.07 Å². The average molecular weight is 409 g/mol. The van der Waals surface area contributed by atoms with E-state index >= 15 is 0 Å². The van der Waals surface area contributed by atoms with Crippen LogP contribution in [0.2, 0.25) is 10.0 Å². The Kier molecular flexibility index (Phi) is 6.47. The second-order valence-corrected chi connectivity index (χ2v) is 7.23. The highest BCUT2D eigenvalue weighted by Crippen LogP contribution is 2.33. The molecule has 0 unspecified atom stereocenters. The first-order chi connectivity index (χ1) is 13.0. The van der Waals surface area contributed by atoms with Crippen LogP contribution in [0.4, 0.5) is 0 Å². The van der Waals surface area contributed by atoms with Gasteiger partial charge in [-0.05, 0) is 47.9 Å². The maximum absolute atomic E-state index is 12.3. The summed E-state index contributed by atoms with van der Waals surface area (Å²) >= 11 is 12.0. The molecular weight excluding hydrogens is 387 g/mol. The summed E-state index contributed by atoms with van der Waals surface area (Å²) in [6.07, 6.45) is 0.937. The molecule has 0 spiro atoms. The fourth-order valence-electron chi connectivity index (χ4n) is 3.23. The molecule has 0 saturated heterocycles. The summed E-state index contributed by atoms with van der Waals surface area (Å²) in [6.45, 7) is 3.04. The first-order valence-electron chi connectivity index (χ1n) is 8.71. The molecule has 3 rings (SSSR count). The average Bonchev–Trinajstić information content (AvgIpc) is 2.66. The molecule has 1 amide bonds. The molecule has 2 aromatic carbocycles. The predicted molar refractivity (Wildman–Crippen MR) is 107 cm³/mol. The molecule has 1 aliphatic heterocycles. The van der Waals surface area contributed by atoms with E-state index in [0.717, 1.165) is 37.6 Å². The Hall–Kier alpha value is -1.95. The summed E-state index contributed by atoms with van der Waals surface area (Å²) in [5, 5.41) is 3.78. The number of halogens is 2. The van der Waals surface area contributed by atoms with Crippen molar-refractivity contribution < 1.29 is 14.3 Å². The van der Waals surface area contributed by atoms with Crippen molar-refractivity contribution in [3.8, 4) is 11.5 Å². The molecule has 0 radical (unpaired) electrons. The highest BCUT2D eigenvalue weighted by Gasteiger charge is 2.19. The van der Waals surface area contributed by atoms with Gasteiger partial charge in [0, 0.05) is 31.2 Å². The van der Waals surface area contributed by atoms with Crippen molar-refractivity contribution in [3.05, 3.63) is 57.1 Å². The zero-order valence-corrected chi connectivity index (χ0v) is 16.9. The van der Waals surface area contributed by atoms with Crippen molar-refractivity contribution in [2.24, 2.45) is 0 Å². The minimum absolute atomic E-state index is 0.194. The van der Waals surface area contributed by atoms with Gasteiger partial charge in [0.2, 0.25) is 0 Å². The van der Waals surface area contributed by atoms with Gasteiger partial charge in [-0.15, -0.1) is 0 Å². The third-order valence-corrected chi connectivity index (χ3v) is 5.23. The number of benzene rings is 2. The van der Waals surface area contributed by atoms with Gasteiger partial charge in [0.15, 0.2) is 11.5 Å². The van der Waals surface area contributed by atoms with Crippen LogP contribution in [-0.4, -0.2) is 44.7 Å². The Bertz CT molecular complexity index is 842. The third-order valence-electron chi connectivity index (χ3n) is 4.69. The molecule has 0 bridgehead atoms. The lowest BCUT2D eigenvalue weighted by Crippen LogP contribution is -2.37. The fraction of sp³-hybridized carbons (Fsp3) is 0.350. The van der Waals surface area contributed by atoms with Crippen molar-refractivity contribution >= 4 is 29.1 Å². The lowest BCUT2D eigenvalue weighted by molar-refractivity contribution is 0.0947. The molecule has 0 atom stereocenters. The SMILES string of the molecule is COc1cc2c(cc1OC)CN(CCNC(=O)c1ccc(Cl)cc1Cl)CC2.